The summed E-state index contributed by atoms with van der Waals surface area (Å²) in [6.45, 7) is 0. The molecule has 8 aromatic rings. The van der Waals surface area contributed by atoms with Crippen LogP contribution >= 0.6 is 0 Å². The fourth-order valence-electron chi connectivity index (χ4n) is 6.96. The first-order chi connectivity index (χ1) is 26.7. The van der Waals surface area contributed by atoms with Crippen molar-refractivity contribution in [1.29, 1.82) is 0 Å². The lowest BCUT2D eigenvalue weighted by atomic mass is 10.0. The molecule has 0 fully saturated rings. The second-order valence-corrected chi connectivity index (χ2v) is 12.9. The van der Waals surface area contributed by atoms with Crippen molar-refractivity contribution < 1.29 is 9.47 Å². The van der Waals surface area contributed by atoms with Gasteiger partial charge in [-0.2, -0.15) is 0 Å². The van der Waals surface area contributed by atoms with Crippen LogP contribution in [-0.2, 0) is 0 Å². The summed E-state index contributed by atoms with van der Waals surface area (Å²) in [5.41, 5.74) is 12.8. The normalized spacial score (nSPS) is 10.8. The Bertz CT molecular complexity index is 2310. The van der Waals surface area contributed by atoms with Crippen LogP contribution in [-0.4, -0.2) is 14.2 Å². The number of ether oxygens (including phenoxy) is 2. The average Bonchev–Trinajstić information content (AvgIpc) is 3.26. The Balaban J connectivity index is 1.19. The van der Waals surface area contributed by atoms with Gasteiger partial charge in [0.1, 0.15) is 11.5 Å². The first-order valence-corrected chi connectivity index (χ1v) is 18.1. The van der Waals surface area contributed by atoms with Crippen LogP contribution in [0, 0.1) is 0 Å². The molecular weight excluding hydrogens is 661 g/mol. The Morgan fingerprint density at radius 2 is 0.556 bits per heavy atom. The zero-order chi connectivity index (χ0) is 36.7. The number of hydrogen-bond acceptors (Lipinski definition) is 4. The van der Waals surface area contributed by atoms with E-state index in [2.05, 4.69) is 192 Å². The van der Waals surface area contributed by atoms with E-state index in [0.717, 1.165) is 67.9 Å². The van der Waals surface area contributed by atoms with Crippen LogP contribution in [0.5, 0.6) is 11.5 Å². The van der Waals surface area contributed by atoms with Crippen molar-refractivity contribution in [1.82, 2.24) is 0 Å². The van der Waals surface area contributed by atoms with Gasteiger partial charge in [-0.25, -0.2) is 0 Å². The number of nitrogens with zero attached hydrogens (tertiary/aromatic N) is 2. The molecule has 0 atom stereocenters. The monoisotopic (exact) mass is 700 g/mol. The number of benzene rings is 8. The third kappa shape index (κ3) is 7.06. The van der Waals surface area contributed by atoms with Crippen molar-refractivity contribution in [2.75, 3.05) is 24.0 Å². The summed E-state index contributed by atoms with van der Waals surface area (Å²) in [5, 5.41) is 0. The molecule has 0 spiro atoms. The Labute approximate surface area is 317 Å². The molecule has 0 radical (unpaired) electrons. The molecule has 0 aliphatic heterocycles. The van der Waals surface area contributed by atoms with Crippen LogP contribution in [0.1, 0.15) is 0 Å². The molecule has 0 unspecified atom stereocenters. The fraction of sp³-hybridized carbons (Fsp3) is 0.0400. The van der Waals surface area contributed by atoms with Crippen LogP contribution < -0.4 is 19.3 Å². The lowest BCUT2D eigenvalue weighted by Gasteiger charge is -2.28. The standard InChI is InChI=1S/C50H40N2O2/c1-53-49-35-41(27-33-47(49)51(43-19-11-5-12-20-43)44-21-13-6-14-22-44)42-28-34-48(50(36-42)54-2)52(45-29-23-39(24-30-45)37-15-7-3-8-16-37)46-31-25-40(26-32-46)38-17-9-4-10-18-38/h3-36H,1-2H3. The van der Waals surface area contributed by atoms with Crippen LogP contribution in [0.4, 0.5) is 34.1 Å². The zero-order valence-electron chi connectivity index (χ0n) is 30.3. The van der Waals surface area contributed by atoms with Gasteiger partial charge in [0.2, 0.25) is 0 Å². The van der Waals surface area contributed by atoms with E-state index in [1.165, 1.54) is 11.1 Å². The van der Waals surface area contributed by atoms with E-state index in [1.54, 1.807) is 14.2 Å². The number of hydrogen-bond donors (Lipinski definition) is 0. The highest BCUT2D eigenvalue weighted by molar-refractivity contribution is 5.86. The van der Waals surface area contributed by atoms with E-state index < -0.39 is 0 Å². The molecule has 0 saturated carbocycles. The molecule has 0 N–H and O–H groups in total. The second kappa shape index (κ2) is 15.7. The third-order valence-corrected chi connectivity index (χ3v) is 9.67. The maximum atomic E-state index is 6.17. The maximum Gasteiger partial charge on any atom is 0.143 e. The molecule has 4 nitrogen and oxygen atoms in total. The van der Waals surface area contributed by atoms with Crippen molar-refractivity contribution in [2.45, 2.75) is 0 Å². The Morgan fingerprint density at radius 1 is 0.278 bits per heavy atom. The summed E-state index contributed by atoms with van der Waals surface area (Å²) >= 11 is 0. The summed E-state index contributed by atoms with van der Waals surface area (Å²) in [6.07, 6.45) is 0. The highest BCUT2D eigenvalue weighted by atomic mass is 16.5. The lowest BCUT2D eigenvalue weighted by molar-refractivity contribution is 0.415. The molecule has 54 heavy (non-hydrogen) atoms. The van der Waals surface area contributed by atoms with Gasteiger partial charge in [-0.1, -0.05) is 133 Å². The molecule has 0 amide bonds. The molecule has 8 aromatic carbocycles. The number of methoxy groups -OCH3 is 2. The van der Waals surface area contributed by atoms with Gasteiger partial charge < -0.3 is 19.3 Å². The van der Waals surface area contributed by atoms with Crippen LogP contribution in [0.25, 0.3) is 33.4 Å². The van der Waals surface area contributed by atoms with Gasteiger partial charge in [-0.3, -0.25) is 0 Å². The molecule has 0 aliphatic carbocycles. The molecule has 0 saturated heterocycles. The van der Waals surface area contributed by atoms with Gasteiger partial charge in [0.05, 0.1) is 25.6 Å². The SMILES string of the molecule is COc1cc(-c2ccc(N(c3ccc(-c4ccccc4)cc3)c3ccc(-c4ccccc4)cc3)c(OC)c2)ccc1N(c1ccccc1)c1ccccc1. The number of anilines is 6. The minimum atomic E-state index is 0.755. The molecular formula is C50H40N2O2. The second-order valence-electron chi connectivity index (χ2n) is 12.9. The predicted molar refractivity (Wildman–Crippen MR) is 225 cm³/mol. The number of para-hydroxylation sites is 2. The zero-order valence-corrected chi connectivity index (χ0v) is 30.3. The molecule has 4 heteroatoms. The summed E-state index contributed by atoms with van der Waals surface area (Å²) in [7, 11) is 3.46. The van der Waals surface area contributed by atoms with E-state index in [-0.39, 0.29) is 0 Å². The minimum absolute atomic E-state index is 0.755. The topological polar surface area (TPSA) is 24.9 Å². The molecule has 0 heterocycles. The largest absolute Gasteiger partial charge is 0.495 e. The van der Waals surface area contributed by atoms with Crippen molar-refractivity contribution >= 4 is 34.1 Å². The molecule has 262 valence electrons. The van der Waals surface area contributed by atoms with Crippen LogP contribution in [0.3, 0.4) is 0 Å². The number of rotatable bonds is 11. The van der Waals surface area contributed by atoms with Gasteiger partial charge >= 0.3 is 0 Å². The van der Waals surface area contributed by atoms with Gasteiger partial charge in [0.25, 0.3) is 0 Å². The smallest absolute Gasteiger partial charge is 0.143 e. The van der Waals surface area contributed by atoms with Gasteiger partial charge in [0, 0.05) is 22.7 Å². The molecule has 8 rings (SSSR count). The van der Waals surface area contributed by atoms with Gasteiger partial charge in [-0.05, 0) is 106 Å². The highest BCUT2D eigenvalue weighted by Crippen LogP contribution is 2.45. The van der Waals surface area contributed by atoms with Crippen molar-refractivity contribution in [2.24, 2.45) is 0 Å². The quantitative estimate of drug-likeness (QED) is 0.134. The first kappa shape index (κ1) is 34.1. The van der Waals surface area contributed by atoms with E-state index >= 15 is 0 Å². The van der Waals surface area contributed by atoms with Crippen LogP contribution in [0.2, 0.25) is 0 Å². The van der Waals surface area contributed by atoms with E-state index in [4.69, 9.17) is 9.47 Å². The molecule has 0 aliphatic rings. The van der Waals surface area contributed by atoms with Crippen LogP contribution in [0.15, 0.2) is 206 Å². The van der Waals surface area contributed by atoms with E-state index in [9.17, 15) is 0 Å². The predicted octanol–water partition coefficient (Wildman–Crippen LogP) is 13.6. The third-order valence-electron chi connectivity index (χ3n) is 9.67. The summed E-state index contributed by atoms with van der Waals surface area (Å²) < 4.78 is 12.2. The highest BCUT2D eigenvalue weighted by Gasteiger charge is 2.21. The summed E-state index contributed by atoms with van der Waals surface area (Å²) in [4.78, 5) is 4.48. The van der Waals surface area contributed by atoms with Gasteiger partial charge in [-0.15, -0.1) is 0 Å². The maximum absolute atomic E-state index is 6.17. The van der Waals surface area contributed by atoms with E-state index in [1.807, 2.05) is 24.3 Å². The van der Waals surface area contributed by atoms with E-state index in [0.29, 0.717) is 0 Å². The van der Waals surface area contributed by atoms with Crippen molar-refractivity contribution in [3.05, 3.63) is 206 Å². The Kier molecular flexibility index (Phi) is 9.90. The molecule has 0 aromatic heterocycles. The van der Waals surface area contributed by atoms with Crippen molar-refractivity contribution in [3.63, 3.8) is 0 Å². The van der Waals surface area contributed by atoms with Gasteiger partial charge in [0.15, 0.2) is 0 Å². The Morgan fingerprint density at radius 3 is 0.889 bits per heavy atom. The minimum Gasteiger partial charge on any atom is -0.495 e. The molecule has 0 bridgehead atoms. The first-order valence-electron chi connectivity index (χ1n) is 18.1. The lowest BCUT2D eigenvalue weighted by Crippen LogP contribution is -2.11. The summed E-state index contributed by atoms with van der Waals surface area (Å²) in [5.74, 6) is 1.52. The van der Waals surface area contributed by atoms with Crippen molar-refractivity contribution in [3.8, 4) is 44.9 Å². The average molecular weight is 701 g/mol. The Hall–Kier alpha value is -7.04. The summed E-state index contributed by atoms with van der Waals surface area (Å²) in [6, 6.07) is 71.9. The fourth-order valence-corrected chi connectivity index (χ4v) is 6.96.